The summed E-state index contributed by atoms with van der Waals surface area (Å²) >= 11 is 0. The van der Waals surface area contributed by atoms with Crippen molar-refractivity contribution >= 4 is 28.8 Å². The van der Waals surface area contributed by atoms with Crippen LogP contribution in [0.3, 0.4) is 0 Å². The summed E-state index contributed by atoms with van der Waals surface area (Å²) in [6, 6.07) is 15.6. The van der Waals surface area contributed by atoms with E-state index in [2.05, 4.69) is 10.3 Å². The number of carbonyl (C=O) groups excluding carboxylic acids is 3. The minimum absolute atomic E-state index is 0.155. The third-order valence-electron chi connectivity index (χ3n) is 6.37. The summed E-state index contributed by atoms with van der Waals surface area (Å²) in [4.78, 5) is 46.2. The molecule has 0 bridgehead atoms. The first kappa shape index (κ1) is 24.4. The number of likely N-dealkylation sites (N-methyl/N-ethyl adjacent to an activating group) is 1. The second kappa shape index (κ2) is 10.3. The fourth-order valence-electron chi connectivity index (χ4n) is 4.79. The lowest BCUT2D eigenvalue weighted by molar-refractivity contribution is -0.147. The molecular formula is C26H31N5O4. The van der Waals surface area contributed by atoms with Gasteiger partial charge in [0.2, 0.25) is 17.7 Å². The molecule has 0 spiro atoms. The van der Waals surface area contributed by atoms with E-state index in [4.69, 9.17) is 4.74 Å². The number of nitrogens with one attached hydrogen (secondary N) is 1. The predicted octanol–water partition coefficient (Wildman–Crippen LogP) is 2.03. The van der Waals surface area contributed by atoms with E-state index in [9.17, 15) is 14.4 Å². The van der Waals surface area contributed by atoms with E-state index < -0.39 is 18.1 Å². The van der Waals surface area contributed by atoms with Gasteiger partial charge in [-0.05, 0) is 24.1 Å². The van der Waals surface area contributed by atoms with E-state index in [1.54, 1.807) is 19.0 Å². The van der Waals surface area contributed by atoms with Crippen LogP contribution in [0.15, 0.2) is 54.6 Å². The van der Waals surface area contributed by atoms with Crippen LogP contribution in [-0.4, -0.2) is 69.9 Å². The Morgan fingerprint density at radius 3 is 2.43 bits per heavy atom. The van der Waals surface area contributed by atoms with E-state index >= 15 is 0 Å². The normalized spacial score (nSPS) is 19.7. The Kier molecular flexibility index (Phi) is 7.16. The van der Waals surface area contributed by atoms with Gasteiger partial charge >= 0.3 is 0 Å². The standard InChI is InChI=1S/C26H31N5O4/c1-17(32)27-20-14-22(26(34)29(2)3)31(25(20)18-10-6-5-7-11-18)24(33)16-35-15-23-28-19-12-8-9-13-21(19)30(23)4/h5-13,20,22,25H,14-16H2,1-4H3,(H,27,32)/t20-,22-,25-/m0/s1. The van der Waals surface area contributed by atoms with Crippen molar-refractivity contribution in [2.75, 3.05) is 20.7 Å². The number of aryl methyl sites for hydroxylation is 1. The summed E-state index contributed by atoms with van der Waals surface area (Å²) < 4.78 is 7.74. The molecule has 1 N–H and O–H groups in total. The largest absolute Gasteiger partial charge is 0.364 e. The molecule has 2 heterocycles. The fraction of sp³-hybridized carbons (Fsp3) is 0.385. The van der Waals surface area contributed by atoms with E-state index in [0.717, 1.165) is 16.6 Å². The number of carbonyl (C=O) groups is 3. The Balaban J connectivity index is 1.57. The average Bonchev–Trinajstić information content (AvgIpc) is 3.36. The molecule has 1 aliphatic heterocycles. The third-order valence-corrected chi connectivity index (χ3v) is 6.37. The van der Waals surface area contributed by atoms with Crippen LogP contribution in [0, 0.1) is 0 Å². The van der Waals surface area contributed by atoms with Crippen LogP contribution < -0.4 is 5.32 Å². The maximum Gasteiger partial charge on any atom is 0.249 e. The summed E-state index contributed by atoms with van der Waals surface area (Å²) in [6.07, 6.45) is 0.326. The van der Waals surface area contributed by atoms with Crippen LogP contribution in [0.2, 0.25) is 0 Å². The molecule has 4 rings (SSSR count). The number of rotatable bonds is 7. The Morgan fingerprint density at radius 1 is 1.09 bits per heavy atom. The summed E-state index contributed by atoms with van der Waals surface area (Å²) in [6.45, 7) is 1.38. The van der Waals surface area contributed by atoms with Gasteiger partial charge in [0, 0.05) is 28.1 Å². The molecule has 0 radical (unpaired) electrons. The third kappa shape index (κ3) is 5.05. The maximum absolute atomic E-state index is 13.5. The van der Waals surface area contributed by atoms with Gasteiger partial charge < -0.3 is 24.4 Å². The Labute approximate surface area is 204 Å². The van der Waals surface area contributed by atoms with Crippen molar-refractivity contribution in [2.24, 2.45) is 7.05 Å². The number of amides is 3. The Morgan fingerprint density at radius 2 is 1.77 bits per heavy atom. The molecule has 0 saturated carbocycles. The van der Waals surface area contributed by atoms with Crippen molar-refractivity contribution in [2.45, 2.75) is 38.1 Å². The van der Waals surface area contributed by atoms with Gasteiger partial charge in [-0.15, -0.1) is 0 Å². The lowest BCUT2D eigenvalue weighted by atomic mass is 9.99. The first-order valence-corrected chi connectivity index (χ1v) is 11.6. The molecular weight excluding hydrogens is 446 g/mol. The van der Waals surface area contributed by atoms with Crippen molar-refractivity contribution in [1.82, 2.24) is 24.7 Å². The number of para-hydroxylation sites is 2. The number of aromatic nitrogens is 2. The molecule has 9 nitrogen and oxygen atoms in total. The zero-order valence-electron chi connectivity index (χ0n) is 20.5. The molecule has 0 aliphatic carbocycles. The summed E-state index contributed by atoms with van der Waals surface area (Å²) in [5.74, 6) is -0.00962. The minimum Gasteiger partial charge on any atom is -0.364 e. The first-order chi connectivity index (χ1) is 16.8. The number of fused-ring (bicyclic) bond motifs is 1. The van der Waals surface area contributed by atoms with Crippen LogP contribution in [0.25, 0.3) is 11.0 Å². The van der Waals surface area contributed by atoms with Crippen molar-refractivity contribution in [3.8, 4) is 0 Å². The highest BCUT2D eigenvalue weighted by atomic mass is 16.5. The van der Waals surface area contributed by atoms with Gasteiger partial charge in [-0.25, -0.2) is 4.98 Å². The topological polar surface area (TPSA) is 96.8 Å². The summed E-state index contributed by atoms with van der Waals surface area (Å²) in [7, 11) is 5.23. The van der Waals surface area contributed by atoms with Gasteiger partial charge in [-0.1, -0.05) is 42.5 Å². The van der Waals surface area contributed by atoms with Crippen LogP contribution in [-0.2, 0) is 32.8 Å². The molecule has 3 amide bonds. The molecule has 3 aromatic rings. The quantitative estimate of drug-likeness (QED) is 0.562. The molecule has 3 atom stereocenters. The van der Waals surface area contributed by atoms with Gasteiger partial charge in [0.25, 0.3) is 0 Å². The number of hydrogen-bond donors (Lipinski definition) is 1. The zero-order chi connectivity index (χ0) is 25.1. The molecule has 1 fully saturated rings. The molecule has 1 aromatic heterocycles. The van der Waals surface area contributed by atoms with Crippen LogP contribution in [0.1, 0.15) is 30.8 Å². The fourth-order valence-corrected chi connectivity index (χ4v) is 4.79. The van der Waals surface area contributed by atoms with Crippen LogP contribution >= 0.6 is 0 Å². The number of ether oxygens (including phenoxy) is 1. The van der Waals surface area contributed by atoms with Crippen molar-refractivity contribution < 1.29 is 19.1 Å². The van der Waals surface area contributed by atoms with Gasteiger partial charge in [-0.2, -0.15) is 0 Å². The molecule has 2 aromatic carbocycles. The Hall–Kier alpha value is -3.72. The van der Waals surface area contributed by atoms with Crippen LogP contribution in [0.4, 0.5) is 0 Å². The van der Waals surface area contributed by atoms with Crippen molar-refractivity contribution in [3.05, 3.63) is 66.0 Å². The smallest absolute Gasteiger partial charge is 0.249 e. The van der Waals surface area contributed by atoms with E-state index in [0.29, 0.717) is 12.2 Å². The SMILES string of the molecule is CC(=O)N[C@H]1C[C@@H](C(=O)N(C)C)N(C(=O)COCc2nc3ccccc3n2C)[C@H]1c1ccccc1. The van der Waals surface area contributed by atoms with Crippen molar-refractivity contribution in [3.63, 3.8) is 0 Å². The molecule has 184 valence electrons. The second-order valence-electron chi connectivity index (χ2n) is 9.02. The molecule has 9 heteroatoms. The summed E-state index contributed by atoms with van der Waals surface area (Å²) in [5, 5.41) is 2.95. The van der Waals surface area contributed by atoms with Gasteiger partial charge in [-0.3, -0.25) is 14.4 Å². The number of nitrogens with zero attached hydrogens (tertiary/aromatic N) is 4. The minimum atomic E-state index is -0.709. The number of imidazole rings is 1. The van der Waals surface area contributed by atoms with E-state index in [-0.39, 0.29) is 30.9 Å². The number of hydrogen-bond acceptors (Lipinski definition) is 5. The zero-order valence-corrected chi connectivity index (χ0v) is 20.5. The number of benzene rings is 2. The summed E-state index contributed by atoms with van der Waals surface area (Å²) in [5.41, 5.74) is 2.69. The van der Waals surface area contributed by atoms with Gasteiger partial charge in [0.1, 0.15) is 25.1 Å². The van der Waals surface area contributed by atoms with E-state index in [1.165, 1.54) is 11.8 Å². The lowest BCUT2D eigenvalue weighted by Crippen LogP contribution is -2.48. The lowest BCUT2D eigenvalue weighted by Gasteiger charge is -2.32. The molecule has 35 heavy (non-hydrogen) atoms. The highest BCUT2D eigenvalue weighted by Crippen LogP contribution is 2.37. The van der Waals surface area contributed by atoms with E-state index in [1.807, 2.05) is 66.2 Å². The first-order valence-electron chi connectivity index (χ1n) is 11.6. The Bertz CT molecular complexity index is 1220. The molecule has 0 unspecified atom stereocenters. The van der Waals surface area contributed by atoms with Gasteiger partial charge in [0.05, 0.1) is 23.1 Å². The highest BCUT2D eigenvalue weighted by Gasteiger charge is 2.48. The van der Waals surface area contributed by atoms with Crippen molar-refractivity contribution in [1.29, 1.82) is 0 Å². The number of likely N-dealkylation sites (tertiary alicyclic amines) is 1. The molecule has 1 aliphatic rings. The maximum atomic E-state index is 13.5. The highest BCUT2D eigenvalue weighted by molar-refractivity contribution is 5.89. The molecule has 1 saturated heterocycles. The monoisotopic (exact) mass is 477 g/mol. The second-order valence-corrected chi connectivity index (χ2v) is 9.02. The van der Waals surface area contributed by atoms with Crippen LogP contribution in [0.5, 0.6) is 0 Å². The average molecular weight is 478 g/mol. The predicted molar refractivity (Wildman–Crippen MR) is 131 cm³/mol. The van der Waals surface area contributed by atoms with Gasteiger partial charge in [0.15, 0.2) is 0 Å².